The molecule has 0 aliphatic rings. The van der Waals surface area contributed by atoms with E-state index in [-0.39, 0.29) is 26.9 Å². The normalized spacial score (nSPS) is 12.1. The van der Waals surface area contributed by atoms with Gasteiger partial charge in [0, 0.05) is 24.7 Å². The number of non-ortho nitro benzene ring substituents is 1. The van der Waals surface area contributed by atoms with Crippen molar-refractivity contribution in [2.24, 2.45) is 0 Å². The van der Waals surface area contributed by atoms with Crippen molar-refractivity contribution >= 4 is 38.9 Å². The Morgan fingerprint density at radius 3 is 2.42 bits per heavy atom. The summed E-state index contributed by atoms with van der Waals surface area (Å²) < 4.78 is 40.7. The van der Waals surface area contributed by atoms with Crippen LogP contribution in [0, 0.1) is 15.9 Å². The summed E-state index contributed by atoms with van der Waals surface area (Å²) in [5.74, 6) is -1.03. The number of carbonyl (C=O) groups excluding carboxylic acids is 1. The van der Waals surface area contributed by atoms with Gasteiger partial charge in [0.15, 0.2) is 0 Å². The fraction of sp³-hybridized carbons (Fsp3) is 0.136. The van der Waals surface area contributed by atoms with Crippen LogP contribution in [-0.2, 0) is 10.0 Å². The van der Waals surface area contributed by atoms with Crippen molar-refractivity contribution in [3.05, 3.63) is 98.8 Å². The molecule has 0 heterocycles. The van der Waals surface area contributed by atoms with E-state index in [1.54, 1.807) is 13.0 Å². The van der Waals surface area contributed by atoms with Gasteiger partial charge in [-0.1, -0.05) is 23.7 Å². The number of anilines is 1. The summed E-state index contributed by atoms with van der Waals surface area (Å²) in [6.07, 6.45) is 0. The van der Waals surface area contributed by atoms with Crippen LogP contribution in [0.4, 0.5) is 15.8 Å². The van der Waals surface area contributed by atoms with Gasteiger partial charge in [0.05, 0.1) is 26.6 Å². The molecule has 0 aliphatic carbocycles. The Balaban J connectivity index is 1.86. The minimum Gasteiger partial charge on any atom is -0.335 e. The van der Waals surface area contributed by atoms with Crippen molar-refractivity contribution in [1.82, 2.24) is 4.90 Å². The summed E-state index contributed by atoms with van der Waals surface area (Å²) in [6, 6.07) is 13.8. The first-order chi connectivity index (χ1) is 15.5. The Morgan fingerprint density at radius 2 is 1.79 bits per heavy atom. The third-order valence-electron chi connectivity index (χ3n) is 5.05. The summed E-state index contributed by atoms with van der Waals surface area (Å²) in [5, 5.41) is 11.1. The molecule has 0 saturated carbocycles. The van der Waals surface area contributed by atoms with Crippen molar-refractivity contribution in [3.8, 4) is 0 Å². The summed E-state index contributed by atoms with van der Waals surface area (Å²) in [6.45, 7) is 1.71. The van der Waals surface area contributed by atoms with Crippen LogP contribution >= 0.6 is 11.6 Å². The van der Waals surface area contributed by atoms with Gasteiger partial charge >= 0.3 is 0 Å². The maximum absolute atomic E-state index is 13.1. The second-order valence-corrected chi connectivity index (χ2v) is 9.29. The number of nitrogens with one attached hydrogen (secondary N) is 1. The van der Waals surface area contributed by atoms with E-state index in [0.29, 0.717) is 5.56 Å². The minimum absolute atomic E-state index is 0.0248. The highest BCUT2D eigenvalue weighted by atomic mass is 35.5. The molecule has 0 bridgehead atoms. The summed E-state index contributed by atoms with van der Waals surface area (Å²) >= 11 is 6.13. The van der Waals surface area contributed by atoms with Gasteiger partial charge in [0.25, 0.3) is 21.6 Å². The Kier molecular flexibility index (Phi) is 6.99. The number of nitro groups is 1. The second kappa shape index (κ2) is 9.55. The molecular formula is C22H19ClFN3O5S. The predicted molar refractivity (Wildman–Crippen MR) is 122 cm³/mol. The molecule has 0 radical (unpaired) electrons. The van der Waals surface area contributed by atoms with E-state index in [1.807, 2.05) is 0 Å². The Bertz CT molecular complexity index is 1320. The number of hydrogen-bond donors (Lipinski definition) is 1. The number of amides is 1. The van der Waals surface area contributed by atoms with Crippen LogP contribution in [0.15, 0.2) is 71.6 Å². The molecule has 33 heavy (non-hydrogen) atoms. The summed E-state index contributed by atoms with van der Waals surface area (Å²) in [5.41, 5.74) is 0.592. The molecular weight excluding hydrogens is 473 g/mol. The molecule has 3 aromatic carbocycles. The Morgan fingerprint density at radius 1 is 1.12 bits per heavy atom. The number of nitro benzene ring substituents is 1. The average molecular weight is 492 g/mol. The zero-order valence-corrected chi connectivity index (χ0v) is 19.1. The molecule has 0 fully saturated rings. The Hall–Kier alpha value is -3.50. The third-order valence-corrected chi connectivity index (χ3v) is 6.76. The van der Waals surface area contributed by atoms with Gasteiger partial charge in [-0.2, -0.15) is 0 Å². The van der Waals surface area contributed by atoms with E-state index in [2.05, 4.69) is 4.72 Å². The smallest absolute Gasteiger partial charge is 0.269 e. The highest BCUT2D eigenvalue weighted by Crippen LogP contribution is 2.29. The second-order valence-electron chi connectivity index (χ2n) is 7.20. The van der Waals surface area contributed by atoms with Crippen LogP contribution in [0.5, 0.6) is 0 Å². The number of hydrogen-bond acceptors (Lipinski definition) is 5. The summed E-state index contributed by atoms with van der Waals surface area (Å²) in [4.78, 5) is 24.8. The van der Waals surface area contributed by atoms with E-state index in [1.165, 1.54) is 48.3 Å². The van der Waals surface area contributed by atoms with E-state index in [4.69, 9.17) is 11.6 Å². The fourth-order valence-corrected chi connectivity index (χ4v) is 4.35. The van der Waals surface area contributed by atoms with Gasteiger partial charge in [0.2, 0.25) is 0 Å². The highest BCUT2D eigenvalue weighted by molar-refractivity contribution is 7.92. The largest absolute Gasteiger partial charge is 0.335 e. The molecule has 0 aromatic heterocycles. The van der Waals surface area contributed by atoms with Crippen molar-refractivity contribution in [2.75, 3.05) is 11.8 Å². The molecule has 172 valence electrons. The molecule has 0 aliphatic heterocycles. The SMILES string of the molecule is CC(c1cccc([N+](=O)[O-])c1)N(C)C(=O)c1ccc(Cl)c(NS(=O)(=O)c2ccc(F)cc2)c1. The first-order valence-electron chi connectivity index (χ1n) is 9.59. The molecule has 1 unspecified atom stereocenters. The Labute approximate surface area is 194 Å². The first-order valence-corrected chi connectivity index (χ1v) is 11.4. The lowest BCUT2D eigenvalue weighted by atomic mass is 10.1. The molecule has 1 N–H and O–H groups in total. The van der Waals surface area contributed by atoms with Gasteiger partial charge in [-0.15, -0.1) is 0 Å². The van der Waals surface area contributed by atoms with Crippen LogP contribution in [0.1, 0.15) is 28.9 Å². The number of halogens is 2. The quantitative estimate of drug-likeness (QED) is 0.368. The average Bonchev–Trinajstić information content (AvgIpc) is 2.79. The maximum Gasteiger partial charge on any atom is 0.269 e. The summed E-state index contributed by atoms with van der Waals surface area (Å²) in [7, 11) is -2.55. The van der Waals surface area contributed by atoms with Crippen molar-refractivity contribution in [1.29, 1.82) is 0 Å². The first kappa shape index (κ1) is 24.1. The van der Waals surface area contributed by atoms with E-state index in [0.717, 1.165) is 24.3 Å². The maximum atomic E-state index is 13.1. The molecule has 1 amide bonds. The van der Waals surface area contributed by atoms with Crippen LogP contribution < -0.4 is 4.72 Å². The van der Waals surface area contributed by atoms with Gasteiger partial charge in [0.1, 0.15) is 5.82 Å². The van der Waals surface area contributed by atoms with E-state index in [9.17, 15) is 27.7 Å². The molecule has 3 rings (SSSR count). The number of benzene rings is 3. The van der Waals surface area contributed by atoms with E-state index < -0.39 is 32.7 Å². The van der Waals surface area contributed by atoms with Crippen molar-refractivity contribution < 1.29 is 22.5 Å². The van der Waals surface area contributed by atoms with Gasteiger partial charge in [-0.05, 0) is 55.0 Å². The van der Waals surface area contributed by atoms with E-state index >= 15 is 0 Å². The van der Waals surface area contributed by atoms with Crippen LogP contribution in [-0.4, -0.2) is 31.2 Å². The molecule has 3 aromatic rings. The predicted octanol–water partition coefficient (Wildman–Crippen LogP) is 5.02. The zero-order valence-electron chi connectivity index (χ0n) is 17.5. The fourth-order valence-electron chi connectivity index (χ4n) is 3.06. The molecule has 11 heteroatoms. The zero-order chi connectivity index (χ0) is 24.3. The number of rotatable bonds is 7. The third kappa shape index (κ3) is 5.47. The molecule has 8 nitrogen and oxygen atoms in total. The van der Waals surface area contributed by atoms with Crippen LogP contribution in [0.25, 0.3) is 0 Å². The molecule has 0 saturated heterocycles. The monoisotopic (exact) mass is 491 g/mol. The van der Waals surface area contributed by atoms with Crippen LogP contribution in [0.2, 0.25) is 5.02 Å². The lowest BCUT2D eigenvalue weighted by Crippen LogP contribution is -2.29. The molecule has 0 spiro atoms. The van der Waals surface area contributed by atoms with Gasteiger partial charge < -0.3 is 4.90 Å². The number of carbonyl (C=O) groups is 1. The van der Waals surface area contributed by atoms with Crippen molar-refractivity contribution in [3.63, 3.8) is 0 Å². The van der Waals surface area contributed by atoms with Gasteiger partial charge in [-0.3, -0.25) is 19.6 Å². The standard InChI is InChI=1S/C22H19ClFN3O5S/c1-14(15-4-3-5-18(12-15)27(29)30)26(2)22(28)16-6-11-20(23)21(13-16)25-33(31,32)19-9-7-17(24)8-10-19/h3-14,25H,1-2H3. The lowest BCUT2D eigenvalue weighted by Gasteiger charge is -2.25. The van der Waals surface area contributed by atoms with Gasteiger partial charge in [-0.25, -0.2) is 12.8 Å². The molecule has 1 atom stereocenters. The minimum atomic E-state index is -4.08. The van der Waals surface area contributed by atoms with Crippen molar-refractivity contribution in [2.45, 2.75) is 17.9 Å². The lowest BCUT2D eigenvalue weighted by molar-refractivity contribution is -0.384. The van der Waals surface area contributed by atoms with Crippen LogP contribution in [0.3, 0.4) is 0 Å². The number of nitrogens with zero attached hydrogens (tertiary/aromatic N) is 2. The number of sulfonamides is 1. The topological polar surface area (TPSA) is 110 Å². The highest BCUT2D eigenvalue weighted by Gasteiger charge is 2.22.